The van der Waals surface area contributed by atoms with Crippen molar-refractivity contribution in [2.75, 3.05) is 6.54 Å². The van der Waals surface area contributed by atoms with Crippen LogP contribution in [-0.4, -0.2) is 6.54 Å². The van der Waals surface area contributed by atoms with Gasteiger partial charge in [0.05, 0.1) is 0 Å². The third-order valence-corrected chi connectivity index (χ3v) is 2.36. The number of hydrogen-bond acceptors (Lipinski definition) is 2. The molecule has 0 heterocycles. The first kappa shape index (κ1) is 11.1. The highest BCUT2D eigenvalue weighted by Gasteiger charge is 2.09. The Labute approximate surface area is 84.1 Å². The molecule has 14 heavy (non-hydrogen) atoms. The van der Waals surface area contributed by atoms with Gasteiger partial charge in [-0.3, -0.25) is 0 Å². The van der Waals surface area contributed by atoms with Gasteiger partial charge in [-0.1, -0.05) is 19.1 Å². The van der Waals surface area contributed by atoms with Gasteiger partial charge in [0.2, 0.25) is 0 Å². The molecule has 0 aromatic heterocycles. The van der Waals surface area contributed by atoms with Crippen LogP contribution in [0.4, 0.5) is 4.39 Å². The predicted molar refractivity (Wildman–Crippen MR) is 56.2 cm³/mol. The molecule has 2 unspecified atom stereocenters. The molecule has 78 valence electrons. The van der Waals surface area contributed by atoms with E-state index in [9.17, 15) is 4.39 Å². The van der Waals surface area contributed by atoms with Crippen molar-refractivity contribution < 1.29 is 4.39 Å². The van der Waals surface area contributed by atoms with E-state index in [2.05, 4.69) is 6.92 Å². The van der Waals surface area contributed by atoms with Gasteiger partial charge >= 0.3 is 0 Å². The zero-order valence-corrected chi connectivity index (χ0v) is 8.41. The van der Waals surface area contributed by atoms with Crippen LogP contribution in [0.2, 0.25) is 0 Å². The van der Waals surface area contributed by atoms with Crippen LogP contribution in [0.1, 0.15) is 24.9 Å². The lowest BCUT2D eigenvalue weighted by Crippen LogP contribution is -2.19. The van der Waals surface area contributed by atoms with Crippen molar-refractivity contribution in [3.8, 4) is 0 Å². The van der Waals surface area contributed by atoms with Crippen molar-refractivity contribution in [3.05, 3.63) is 35.6 Å². The zero-order valence-electron chi connectivity index (χ0n) is 8.41. The van der Waals surface area contributed by atoms with Crippen molar-refractivity contribution in [1.82, 2.24) is 0 Å². The molecule has 1 rings (SSSR count). The molecule has 1 aromatic carbocycles. The van der Waals surface area contributed by atoms with Gasteiger partial charge in [0, 0.05) is 6.04 Å². The Balaban J connectivity index is 2.60. The highest BCUT2D eigenvalue weighted by atomic mass is 19.1. The summed E-state index contributed by atoms with van der Waals surface area (Å²) in [6.45, 7) is 2.69. The summed E-state index contributed by atoms with van der Waals surface area (Å²) in [5, 5.41) is 0. The Morgan fingerprint density at radius 3 is 2.36 bits per heavy atom. The van der Waals surface area contributed by atoms with E-state index in [1.54, 1.807) is 12.1 Å². The summed E-state index contributed by atoms with van der Waals surface area (Å²) >= 11 is 0. The normalized spacial score (nSPS) is 15.1. The van der Waals surface area contributed by atoms with Crippen LogP contribution in [0.3, 0.4) is 0 Å². The van der Waals surface area contributed by atoms with Gasteiger partial charge in [0.15, 0.2) is 0 Å². The molecule has 1 aromatic rings. The van der Waals surface area contributed by atoms with E-state index in [1.807, 2.05) is 0 Å². The Hall–Kier alpha value is -0.930. The molecule has 3 heteroatoms. The van der Waals surface area contributed by atoms with Gasteiger partial charge in [-0.05, 0) is 36.6 Å². The first-order valence-corrected chi connectivity index (χ1v) is 4.84. The van der Waals surface area contributed by atoms with Gasteiger partial charge < -0.3 is 11.5 Å². The summed E-state index contributed by atoms with van der Waals surface area (Å²) < 4.78 is 12.6. The minimum absolute atomic E-state index is 0.0471. The van der Waals surface area contributed by atoms with Crippen molar-refractivity contribution in [2.45, 2.75) is 19.4 Å². The van der Waals surface area contributed by atoms with E-state index in [1.165, 1.54) is 12.1 Å². The third kappa shape index (κ3) is 3.09. The van der Waals surface area contributed by atoms with Gasteiger partial charge in [-0.25, -0.2) is 4.39 Å². The minimum atomic E-state index is -0.229. The Morgan fingerprint density at radius 1 is 1.29 bits per heavy atom. The van der Waals surface area contributed by atoms with Gasteiger partial charge in [0.25, 0.3) is 0 Å². The van der Waals surface area contributed by atoms with Gasteiger partial charge in [-0.2, -0.15) is 0 Å². The molecule has 0 aliphatic rings. The average Bonchev–Trinajstić information content (AvgIpc) is 2.18. The molecule has 0 fully saturated rings. The second kappa shape index (κ2) is 5.08. The number of nitrogens with two attached hydrogens (primary N) is 2. The summed E-state index contributed by atoms with van der Waals surface area (Å²) in [6, 6.07) is 6.27. The minimum Gasteiger partial charge on any atom is -0.330 e. The van der Waals surface area contributed by atoms with Crippen molar-refractivity contribution in [3.63, 3.8) is 0 Å². The summed E-state index contributed by atoms with van der Waals surface area (Å²) in [5.74, 6) is 0.169. The highest BCUT2D eigenvalue weighted by Crippen LogP contribution is 2.18. The smallest absolute Gasteiger partial charge is 0.123 e. The monoisotopic (exact) mass is 196 g/mol. The maximum atomic E-state index is 12.6. The van der Waals surface area contributed by atoms with Crippen molar-refractivity contribution in [1.29, 1.82) is 0 Å². The molecule has 0 radical (unpaired) electrons. The van der Waals surface area contributed by atoms with Crippen molar-refractivity contribution in [2.24, 2.45) is 17.4 Å². The number of benzene rings is 1. The van der Waals surface area contributed by atoms with E-state index < -0.39 is 0 Å². The van der Waals surface area contributed by atoms with E-state index in [-0.39, 0.29) is 11.9 Å². The quantitative estimate of drug-likeness (QED) is 0.771. The topological polar surface area (TPSA) is 52.0 Å². The fourth-order valence-electron chi connectivity index (χ4n) is 1.38. The highest BCUT2D eigenvalue weighted by molar-refractivity contribution is 5.19. The number of rotatable bonds is 4. The molecule has 0 aliphatic carbocycles. The molecule has 2 nitrogen and oxygen atoms in total. The molecule has 0 saturated heterocycles. The standard InChI is InChI=1S/C11H17FN2/c1-8(7-13)6-11(14)9-2-4-10(12)5-3-9/h2-5,8,11H,6-7,13-14H2,1H3. The summed E-state index contributed by atoms with van der Waals surface area (Å²) in [7, 11) is 0. The lowest BCUT2D eigenvalue weighted by Gasteiger charge is -2.15. The number of hydrogen-bond donors (Lipinski definition) is 2. The Morgan fingerprint density at radius 2 is 1.86 bits per heavy atom. The van der Waals surface area contributed by atoms with Gasteiger partial charge in [0.1, 0.15) is 5.82 Å². The van der Waals surface area contributed by atoms with E-state index in [0.29, 0.717) is 12.5 Å². The fourth-order valence-corrected chi connectivity index (χ4v) is 1.38. The fraction of sp³-hybridized carbons (Fsp3) is 0.455. The average molecular weight is 196 g/mol. The molecular formula is C11H17FN2. The molecule has 0 spiro atoms. The Kier molecular flexibility index (Phi) is 4.04. The maximum Gasteiger partial charge on any atom is 0.123 e. The van der Waals surface area contributed by atoms with Crippen LogP contribution >= 0.6 is 0 Å². The summed E-state index contributed by atoms with van der Waals surface area (Å²) in [5.41, 5.74) is 12.4. The van der Waals surface area contributed by atoms with Crippen LogP contribution in [0.5, 0.6) is 0 Å². The molecule has 0 bridgehead atoms. The van der Waals surface area contributed by atoms with E-state index >= 15 is 0 Å². The lowest BCUT2D eigenvalue weighted by atomic mass is 9.97. The third-order valence-electron chi connectivity index (χ3n) is 2.36. The van der Waals surface area contributed by atoms with E-state index in [4.69, 9.17) is 11.5 Å². The molecule has 4 N–H and O–H groups in total. The largest absolute Gasteiger partial charge is 0.330 e. The van der Waals surface area contributed by atoms with Crippen LogP contribution in [0, 0.1) is 11.7 Å². The summed E-state index contributed by atoms with van der Waals surface area (Å²) in [6.07, 6.45) is 0.835. The predicted octanol–water partition coefficient (Wildman–Crippen LogP) is 1.81. The first-order chi connectivity index (χ1) is 6.63. The van der Waals surface area contributed by atoms with E-state index in [0.717, 1.165) is 12.0 Å². The Bertz CT molecular complexity index is 271. The summed E-state index contributed by atoms with van der Waals surface area (Å²) in [4.78, 5) is 0. The van der Waals surface area contributed by atoms with Crippen molar-refractivity contribution >= 4 is 0 Å². The van der Waals surface area contributed by atoms with Crippen LogP contribution in [0.25, 0.3) is 0 Å². The second-order valence-electron chi connectivity index (χ2n) is 3.73. The maximum absolute atomic E-state index is 12.6. The molecule has 0 saturated carbocycles. The van der Waals surface area contributed by atoms with Crippen LogP contribution in [-0.2, 0) is 0 Å². The van der Waals surface area contributed by atoms with Crippen LogP contribution in [0.15, 0.2) is 24.3 Å². The van der Waals surface area contributed by atoms with Gasteiger partial charge in [-0.15, -0.1) is 0 Å². The van der Waals surface area contributed by atoms with Crippen LogP contribution < -0.4 is 11.5 Å². The molecule has 2 atom stereocenters. The zero-order chi connectivity index (χ0) is 10.6. The first-order valence-electron chi connectivity index (χ1n) is 4.84. The SMILES string of the molecule is CC(CN)CC(N)c1ccc(F)cc1. The number of halogens is 1. The second-order valence-corrected chi connectivity index (χ2v) is 3.73. The lowest BCUT2D eigenvalue weighted by molar-refractivity contribution is 0.482. The molecule has 0 amide bonds. The molecular weight excluding hydrogens is 179 g/mol. The molecule has 0 aliphatic heterocycles.